The number of halogens is 1. The molecule has 1 aliphatic heterocycles. The molecule has 4 nitrogen and oxygen atoms in total. The van der Waals surface area contributed by atoms with E-state index in [2.05, 4.69) is 41.7 Å². The number of nitriles is 1. The number of thioether (sulfide) groups is 1. The van der Waals surface area contributed by atoms with Gasteiger partial charge in [0.15, 0.2) is 0 Å². The second-order valence-electron chi connectivity index (χ2n) is 7.02. The third-order valence-corrected chi connectivity index (χ3v) is 6.51. The van der Waals surface area contributed by atoms with Crippen LogP contribution >= 0.6 is 23.4 Å². The summed E-state index contributed by atoms with van der Waals surface area (Å²) >= 11 is 7.74. The normalized spacial score (nSPS) is 16.3. The van der Waals surface area contributed by atoms with Crippen LogP contribution in [0.15, 0.2) is 71.3 Å². The zero-order valence-corrected chi connectivity index (χ0v) is 17.9. The second-order valence-corrected chi connectivity index (χ2v) is 8.42. The average Bonchev–Trinajstić information content (AvgIpc) is 2.77. The Morgan fingerprint density at radius 2 is 1.97 bits per heavy atom. The molecule has 150 valence electrons. The fraction of sp³-hybridized carbons (Fsp3) is 0.167. The van der Waals surface area contributed by atoms with E-state index in [0.29, 0.717) is 27.1 Å². The van der Waals surface area contributed by atoms with E-state index >= 15 is 0 Å². The lowest BCUT2D eigenvalue weighted by Gasteiger charge is -2.25. The van der Waals surface area contributed by atoms with Gasteiger partial charge in [-0.3, -0.25) is 4.79 Å². The molecule has 1 amide bonds. The maximum absolute atomic E-state index is 12.4. The first-order valence-electron chi connectivity index (χ1n) is 9.47. The number of methoxy groups -OCH3 is 1. The number of hydrogen-bond donors (Lipinski definition) is 1. The van der Waals surface area contributed by atoms with Gasteiger partial charge >= 0.3 is 0 Å². The highest BCUT2D eigenvalue weighted by Crippen LogP contribution is 2.39. The third kappa shape index (κ3) is 4.16. The van der Waals surface area contributed by atoms with E-state index in [1.165, 1.54) is 22.5 Å². The van der Waals surface area contributed by atoms with Crippen LogP contribution in [0.2, 0.25) is 5.02 Å². The molecule has 3 aromatic rings. The number of rotatable bonds is 5. The first-order valence-corrected chi connectivity index (χ1v) is 10.8. The molecule has 0 spiro atoms. The number of ether oxygens (including phenoxy) is 1. The minimum atomic E-state index is -0.328. The Balaban J connectivity index is 1.62. The average molecular weight is 435 g/mol. The number of hydrogen-bond acceptors (Lipinski definition) is 4. The van der Waals surface area contributed by atoms with Gasteiger partial charge in [-0.15, -0.1) is 11.8 Å². The van der Waals surface area contributed by atoms with E-state index in [0.717, 1.165) is 11.1 Å². The lowest BCUT2D eigenvalue weighted by molar-refractivity contribution is -0.120. The van der Waals surface area contributed by atoms with Gasteiger partial charge in [-0.25, -0.2) is 0 Å². The molecule has 0 fully saturated rings. The zero-order valence-electron chi connectivity index (χ0n) is 16.3. The molecule has 0 aliphatic carbocycles. The van der Waals surface area contributed by atoms with Crippen molar-refractivity contribution in [3.63, 3.8) is 0 Å². The number of fused-ring (bicyclic) bond motifs is 1. The van der Waals surface area contributed by atoms with Gasteiger partial charge in [0.1, 0.15) is 5.75 Å². The lowest BCUT2D eigenvalue weighted by atomic mass is 9.87. The van der Waals surface area contributed by atoms with E-state index in [1.807, 2.05) is 18.2 Å². The van der Waals surface area contributed by atoms with Crippen LogP contribution in [0.1, 0.15) is 23.5 Å². The number of benzene rings is 3. The van der Waals surface area contributed by atoms with E-state index in [9.17, 15) is 10.1 Å². The summed E-state index contributed by atoms with van der Waals surface area (Å²) in [5, 5.41) is 16.2. The molecular formula is C24H19ClN2O2S. The van der Waals surface area contributed by atoms with Gasteiger partial charge in [-0.1, -0.05) is 60.1 Å². The molecule has 0 saturated carbocycles. The van der Waals surface area contributed by atoms with Crippen LogP contribution in [0.25, 0.3) is 10.8 Å². The molecule has 0 bridgehead atoms. The maximum Gasteiger partial charge on any atom is 0.225 e. The van der Waals surface area contributed by atoms with Gasteiger partial charge in [0, 0.05) is 18.1 Å². The molecule has 4 rings (SSSR count). The molecule has 3 aromatic carbocycles. The highest BCUT2D eigenvalue weighted by molar-refractivity contribution is 8.02. The number of nitrogens with one attached hydrogen (secondary N) is 1. The predicted octanol–water partition coefficient (Wildman–Crippen LogP) is 5.77. The van der Waals surface area contributed by atoms with Crippen LogP contribution in [0.5, 0.6) is 5.75 Å². The van der Waals surface area contributed by atoms with Crippen molar-refractivity contribution in [1.29, 1.82) is 5.26 Å². The summed E-state index contributed by atoms with van der Waals surface area (Å²) in [4.78, 5) is 12.4. The Morgan fingerprint density at radius 1 is 1.17 bits per heavy atom. The molecule has 30 heavy (non-hydrogen) atoms. The summed E-state index contributed by atoms with van der Waals surface area (Å²) in [6.07, 6.45) is 0.214. The van der Waals surface area contributed by atoms with Crippen LogP contribution in [0.4, 0.5) is 0 Å². The van der Waals surface area contributed by atoms with Crippen molar-refractivity contribution in [2.45, 2.75) is 18.1 Å². The summed E-state index contributed by atoms with van der Waals surface area (Å²) in [5.41, 5.74) is 2.52. The monoisotopic (exact) mass is 434 g/mol. The fourth-order valence-electron chi connectivity index (χ4n) is 3.60. The second kappa shape index (κ2) is 8.83. The van der Waals surface area contributed by atoms with Crippen LogP contribution in [0.3, 0.4) is 0 Å². The highest BCUT2D eigenvalue weighted by atomic mass is 35.5. The van der Waals surface area contributed by atoms with Crippen LogP contribution in [-0.2, 0) is 10.5 Å². The number of nitrogens with zero attached hydrogens (tertiary/aromatic N) is 1. The molecule has 1 aliphatic rings. The number of carbonyl (C=O) groups excluding carboxylic acids is 1. The summed E-state index contributed by atoms with van der Waals surface area (Å²) in [5.74, 6) is 0.786. The first-order chi connectivity index (χ1) is 14.6. The van der Waals surface area contributed by atoms with Crippen molar-refractivity contribution in [3.8, 4) is 11.8 Å². The molecule has 1 atom stereocenters. The lowest BCUT2D eigenvalue weighted by Crippen LogP contribution is -2.30. The van der Waals surface area contributed by atoms with Gasteiger partial charge < -0.3 is 10.1 Å². The first kappa shape index (κ1) is 20.3. The maximum atomic E-state index is 12.4. The van der Waals surface area contributed by atoms with Crippen molar-refractivity contribution in [2.75, 3.05) is 7.11 Å². The van der Waals surface area contributed by atoms with Gasteiger partial charge in [0.05, 0.1) is 28.8 Å². The van der Waals surface area contributed by atoms with E-state index in [4.69, 9.17) is 16.3 Å². The SMILES string of the molecule is COc1ccc([C@H]2CC(=O)NC(SCc3ccc4ccccc4c3)=C2C#N)cc1Cl. The van der Waals surface area contributed by atoms with Crippen LogP contribution in [-0.4, -0.2) is 13.0 Å². The Morgan fingerprint density at radius 3 is 2.70 bits per heavy atom. The van der Waals surface area contributed by atoms with Gasteiger partial charge in [-0.05, 0) is 34.0 Å². The van der Waals surface area contributed by atoms with Crippen molar-refractivity contribution >= 4 is 40.0 Å². The van der Waals surface area contributed by atoms with Crippen molar-refractivity contribution in [2.24, 2.45) is 0 Å². The Labute approximate surface area is 184 Å². The van der Waals surface area contributed by atoms with Gasteiger partial charge in [-0.2, -0.15) is 5.26 Å². The Bertz CT molecular complexity index is 1200. The molecule has 0 aromatic heterocycles. The Hall–Kier alpha value is -2.94. The number of amides is 1. The minimum Gasteiger partial charge on any atom is -0.495 e. The quantitative estimate of drug-likeness (QED) is 0.553. The molecule has 1 N–H and O–H groups in total. The summed E-state index contributed by atoms with van der Waals surface area (Å²) in [6.45, 7) is 0. The van der Waals surface area contributed by atoms with Crippen LogP contribution in [0, 0.1) is 11.3 Å². The smallest absolute Gasteiger partial charge is 0.225 e. The highest BCUT2D eigenvalue weighted by Gasteiger charge is 2.30. The Kier molecular flexibility index (Phi) is 5.98. The van der Waals surface area contributed by atoms with Crippen LogP contribution < -0.4 is 10.1 Å². The van der Waals surface area contributed by atoms with E-state index in [-0.39, 0.29) is 18.2 Å². The van der Waals surface area contributed by atoms with Crippen molar-refractivity contribution in [1.82, 2.24) is 5.32 Å². The zero-order chi connectivity index (χ0) is 21.1. The molecule has 6 heteroatoms. The van der Waals surface area contributed by atoms with Crippen molar-refractivity contribution in [3.05, 3.63) is 87.4 Å². The van der Waals surface area contributed by atoms with Gasteiger partial charge in [0.2, 0.25) is 5.91 Å². The molecule has 1 heterocycles. The molecule has 0 saturated heterocycles. The van der Waals surface area contributed by atoms with Crippen molar-refractivity contribution < 1.29 is 9.53 Å². The predicted molar refractivity (Wildman–Crippen MR) is 121 cm³/mol. The fourth-order valence-corrected chi connectivity index (χ4v) is 4.89. The van der Waals surface area contributed by atoms with E-state index < -0.39 is 0 Å². The van der Waals surface area contributed by atoms with Gasteiger partial charge in [0.25, 0.3) is 0 Å². The third-order valence-electron chi connectivity index (χ3n) is 5.13. The minimum absolute atomic E-state index is 0.105. The topological polar surface area (TPSA) is 62.1 Å². The largest absolute Gasteiger partial charge is 0.495 e. The standard InChI is InChI=1S/C24H19ClN2O2S/c1-29-22-9-8-18(11-21(22)25)19-12-23(28)27-24(20(19)13-26)30-14-15-6-7-16-4-2-3-5-17(16)10-15/h2-11,19H,12,14H2,1H3,(H,27,28)/t19-/m1/s1. The number of carbonyl (C=O) groups is 1. The molecule has 0 unspecified atom stereocenters. The summed E-state index contributed by atoms with van der Waals surface area (Å²) < 4.78 is 5.21. The molecular weight excluding hydrogens is 416 g/mol. The summed E-state index contributed by atoms with van der Waals surface area (Å²) in [7, 11) is 1.55. The summed E-state index contributed by atoms with van der Waals surface area (Å²) in [6, 6.07) is 22.2. The number of allylic oxidation sites excluding steroid dienone is 1. The molecule has 0 radical (unpaired) electrons. The van der Waals surface area contributed by atoms with E-state index in [1.54, 1.807) is 19.2 Å².